The second kappa shape index (κ2) is 5.71. The summed E-state index contributed by atoms with van der Waals surface area (Å²) in [6.45, 7) is 9.90. The van der Waals surface area contributed by atoms with Crippen LogP contribution in [0.4, 0.5) is 5.13 Å². The van der Waals surface area contributed by atoms with Crippen molar-refractivity contribution in [3.8, 4) is 0 Å². The van der Waals surface area contributed by atoms with Gasteiger partial charge in [-0.1, -0.05) is 13.8 Å². The molecule has 1 heterocycles. The SMILES string of the molecule is CC(C)CN(c1nc(CCl)cs1)C(C)C. The van der Waals surface area contributed by atoms with Crippen LogP contribution in [-0.2, 0) is 5.88 Å². The lowest BCUT2D eigenvalue weighted by Crippen LogP contribution is -2.34. The molecule has 15 heavy (non-hydrogen) atoms. The summed E-state index contributed by atoms with van der Waals surface area (Å²) in [5.74, 6) is 1.15. The monoisotopic (exact) mass is 246 g/mol. The molecular formula is C11H19ClN2S. The number of alkyl halides is 1. The molecule has 0 spiro atoms. The van der Waals surface area contributed by atoms with Gasteiger partial charge >= 0.3 is 0 Å². The Bertz CT molecular complexity index is 297. The molecule has 0 aliphatic carbocycles. The van der Waals surface area contributed by atoms with Crippen molar-refractivity contribution in [1.29, 1.82) is 0 Å². The molecule has 86 valence electrons. The Hall–Kier alpha value is -0.280. The molecule has 0 bridgehead atoms. The van der Waals surface area contributed by atoms with Crippen molar-refractivity contribution < 1.29 is 0 Å². The van der Waals surface area contributed by atoms with Crippen LogP contribution in [0.3, 0.4) is 0 Å². The van der Waals surface area contributed by atoms with E-state index in [1.54, 1.807) is 11.3 Å². The molecule has 0 unspecified atom stereocenters. The molecule has 2 nitrogen and oxygen atoms in total. The summed E-state index contributed by atoms with van der Waals surface area (Å²) in [5, 5.41) is 3.13. The molecule has 4 heteroatoms. The quantitative estimate of drug-likeness (QED) is 0.736. The number of anilines is 1. The fourth-order valence-electron chi connectivity index (χ4n) is 1.39. The number of aromatic nitrogens is 1. The Morgan fingerprint density at radius 2 is 2.07 bits per heavy atom. The van der Waals surface area contributed by atoms with Crippen LogP contribution in [0.5, 0.6) is 0 Å². The molecule has 0 saturated heterocycles. The first-order valence-corrected chi connectivity index (χ1v) is 6.73. The molecule has 0 atom stereocenters. The van der Waals surface area contributed by atoms with Crippen LogP contribution in [0, 0.1) is 5.92 Å². The number of hydrogen-bond acceptors (Lipinski definition) is 3. The van der Waals surface area contributed by atoms with E-state index in [-0.39, 0.29) is 0 Å². The minimum atomic E-state index is 0.488. The molecule has 0 N–H and O–H groups in total. The molecule has 1 aromatic heterocycles. The number of halogens is 1. The van der Waals surface area contributed by atoms with Crippen LogP contribution in [-0.4, -0.2) is 17.6 Å². The van der Waals surface area contributed by atoms with Gasteiger partial charge in [0, 0.05) is 18.0 Å². The summed E-state index contributed by atoms with van der Waals surface area (Å²) in [7, 11) is 0. The van der Waals surface area contributed by atoms with Gasteiger partial charge in [0.1, 0.15) is 0 Å². The van der Waals surface area contributed by atoms with Gasteiger partial charge in [0.2, 0.25) is 0 Å². The van der Waals surface area contributed by atoms with Crippen molar-refractivity contribution in [2.45, 2.75) is 39.6 Å². The molecular weight excluding hydrogens is 228 g/mol. The summed E-state index contributed by atoms with van der Waals surface area (Å²) in [5.41, 5.74) is 0.978. The fourth-order valence-corrected chi connectivity index (χ4v) is 2.59. The highest BCUT2D eigenvalue weighted by Gasteiger charge is 2.15. The normalized spacial score (nSPS) is 11.4. The molecule has 0 aromatic carbocycles. The average molecular weight is 247 g/mol. The van der Waals surface area contributed by atoms with Crippen LogP contribution in [0.1, 0.15) is 33.4 Å². The smallest absolute Gasteiger partial charge is 0.185 e. The van der Waals surface area contributed by atoms with Gasteiger partial charge < -0.3 is 4.90 Å². The summed E-state index contributed by atoms with van der Waals surface area (Å²) >= 11 is 7.44. The molecule has 0 radical (unpaired) electrons. The lowest BCUT2D eigenvalue weighted by molar-refractivity contribution is 0.569. The maximum atomic E-state index is 5.76. The van der Waals surface area contributed by atoms with Crippen molar-refractivity contribution in [1.82, 2.24) is 4.98 Å². The number of nitrogens with zero attached hydrogens (tertiary/aromatic N) is 2. The van der Waals surface area contributed by atoms with Gasteiger partial charge in [-0.05, 0) is 19.8 Å². The van der Waals surface area contributed by atoms with E-state index in [2.05, 4.69) is 37.6 Å². The van der Waals surface area contributed by atoms with Gasteiger partial charge in [-0.3, -0.25) is 0 Å². The Labute approximate surface area is 101 Å². The minimum Gasteiger partial charge on any atom is -0.345 e. The maximum absolute atomic E-state index is 5.76. The summed E-state index contributed by atoms with van der Waals surface area (Å²) < 4.78 is 0. The van der Waals surface area contributed by atoms with Gasteiger partial charge in [-0.2, -0.15) is 0 Å². The molecule has 0 amide bonds. The van der Waals surface area contributed by atoms with Crippen molar-refractivity contribution in [2.75, 3.05) is 11.4 Å². The van der Waals surface area contributed by atoms with Crippen molar-refractivity contribution in [2.24, 2.45) is 5.92 Å². The van der Waals surface area contributed by atoms with Crippen LogP contribution in [0.15, 0.2) is 5.38 Å². The largest absolute Gasteiger partial charge is 0.345 e. The van der Waals surface area contributed by atoms with Crippen LogP contribution < -0.4 is 4.90 Å². The molecule has 0 saturated carbocycles. The highest BCUT2D eigenvalue weighted by atomic mass is 35.5. The number of hydrogen-bond donors (Lipinski definition) is 0. The lowest BCUT2D eigenvalue weighted by Gasteiger charge is -2.27. The standard InChI is InChI=1S/C11H19ClN2S/c1-8(2)6-14(9(3)4)11-13-10(5-12)7-15-11/h7-9H,5-6H2,1-4H3. The van der Waals surface area contributed by atoms with E-state index in [0.29, 0.717) is 17.8 Å². The predicted octanol–water partition coefficient (Wildman–Crippen LogP) is 3.75. The summed E-state index contributed by atoms with van der Waals surface area (Å²) in [6, 6.07) is 0.488. The Kier molecular flexibility index (Phi) is 4.87. The second-order valence-corrected chi connectivity index (χ2v) is 5.50. The Morgan fingerprint density at radius 1 is 1.40 bits per heavy atom. The zero-order valence-electron chi connectivity index (χ0n) is 9.83. The van der Waals surface area contributed by atoms with Crippen LogP contribution in [0.2, 0.25) is 0 Å². The number of thiazole rings is 1. The van der Waals surface area contributed by atoms with Gasteiger partial charge in [0.05, 0.1) is 11.6 Å². The van der Waals surface area contributed by atoms with Crippen LogP contribution in [0.25, 0.3) is 0 Å². The molecule has 0 aliphatic heterocycles. The third-order valence-electron chi connectivity index (χ3n) is 2.11. The molecule has 0 aliphatic rings. The topological polar surface area (TPSA) is 16.1 Å². The fraction of sp³-hybridized carbons (Fsp3) is 0.727. The van der Waals surface area contributed by atoms with E-state index in [1.165, 1.54) is 0 Å². The predicted molar refractivity (Wildman–Crippen MR) is 69.0 cm³/mol. The molecule has 1 aromatic rings. The highest BCUT2D eigenvalue weighted by molar-refractivity contribution is 7.13. The first-order chi connectivity index (χ1) is 7.04. The third kappa shape index (κ3) is 3.65. The third-order valence-corrected chi connectivity index (χ3v) is 3.31. The van der Waals surface area contributed by atoms with E-state index >= 15 is 0 Å². The van der Waals surface area contributed by atoms with Gasteiger partial charge in [0.15, 0.2) is 5.13 Å². The first-order valence-electron chi connectivity index (χ1n) is 5.31. The van der Waals surface area contributed by atoms with Gasteiger partial charge in [-0.15, -0.1) is 22.9 Å². The first kappa shape index (κ1) is 12.8. The van der Waals surface area contributed by atoms with Crippen LogP contribution >= 0.6 is 22.9 Å². The zero-order valence-corrected chi connectivity index (χ0v) is 11.4. The molecule has 0 fully saturated rings. The van der Waals surface area contributed by atoms with Crippen molar-refractivity contribution >= 4 is 28.1 Å². The second-order valence-electron chi connectivity index (χ2n) is 4.40. The minimum absolute atomic E-state index is 0.488. The number of rotatable bonds is 5. The summed E-state index contributed by atoms with van der Waals surface area (Å²) in [4.78, 5) is 6.85. The van der Waals surface area contributed by atoms with E-state index in [0.717, 1.165) is 17.4 Å². The maximum Gasteiger partial charge on any atom is 0.185 e. The lowest BCUT2D eigenvalue weighted by atomic mass is 10.2. The van der Waals surface area contributed by atoms with Gasteiger partial charge in [-0.25, -0.2) is 4.98 Å². The summed E-state index contributed by atoms with van der Waals surface area (Å²) in [6.07, 6.45) is 0. The van der Waals surface area contributed by atoms with Crippen molar-refractivity contribution in [3.63, 3.8) is 0 Å². The van der Waals surface area contributed by atoms with E-state index in [9.17, 15) is 0 Å². The Morgan fingerprint density at radius 3 is 2.47 bits per heavy atom. The molecule has 1 rings (SSSR count). The van der Waals surface area contributed by atoms with Gasteiger partial charge in [0.25, 0.3) is 0 Å². The van der Waals surface area contributed by atoms with E-state index < -0.39 is 0 Å². The van der Waals surface area contributed by atoms with E-state index in [4.69, 9.17) is 11.6 Å². The van der Waals surface area contributed by atoms with E-state index in [1.807, 2.05) is 5.38 Å². The average Bonchev–Trinajstić information content (AvgIpc) is 2.61. The Balaban J connectivity index is 2.79. The zero-order chi connectivity index (χ0) is 11.4. The van der Waals surface area contributed by atoms with Crippen molar-refractivity contribution in [3.05, 3.63) is 11.1 Å². The highest BCUT2D eigenvalue weighted by Crippen LogP contribution is 2.24.